The number of halogens is 1. The highest BCUT2D eigenvalue weighted by atomic mass is 35.5. The van der Waals surface area contributed by atoms with Crippen molar-refractivity contribution in [3.05, 3.63) is 23.0 Å². The molecule has 0 saturated carbocycles. The van der Waals surface area contributed by atoms with Gasteiger partial charge in [0.2, 0.25) is 0 Å². The standard InChI is InChI=1S/C12H18ClN3/c1-8-4-11(12(13)14-6-8)15-10-5-9(2)16(3)7-10/h4,6,9-10,15H,5,7H2,1-3H3. The Hall–Kier alpha value is -0.800. The second-order valence-electron chi connectivity index (χ2n) is 4.72. The molecule has 2 atom stereocenters. The molecule has 0 aromatic carbocycles. The normalized spacial score (nSPS) is 26.0. The van der Waals surface area contributed by atoms with E-state index in [4.69, 9.17) is 11.6 Å². The number of hydrogen-bond donors (Lipinski definition) is 1. The fourth-order valence-corrected chi connectivity index (χ4v) is 2.33. The molecule has 0 amide bonds. The minimum absolute atomic E-state index is 0.473. The Morgan fingerprint density at radius 3 is 2.94 bits per heavy atom. The van der Waals surface area contributed by atoms with Gasteiger partial charge < -0.3 is 10.2 Å². The molecule has 0 aliphatic carbocycles. The van der Waals surface area contributed by atoms with Crippen LogP contribution in [0.2, 0.25) is 5.15 Å². The van der Waals surface area contributed by atoms with Crippen LogP contribution in [0.3, 0.4) is 0 Å². The Balaban J connectivity index is 2.07. The molecule has 2 heterocycles. The van der Waals surface area contributed by atoms with Crippen LogP contribution in [0.1, 0.15) is 18.9 Å². The van der Waals surface area contributed by atoms with Crippen molar-refractivity contribution in [1.29, 1.82) is 0 Å². The Morgan fingerprint density at radius 1 is 1.56 bits per heavy atom. The second kappa shape index (κ2) is 4.60. The van der Waals surface area contributed by atoms with Crippen LogP contribution in [0.15, 0.2) is 12.3 Å². The first-order chi connectivity index (χ1) is 7.56. The van der Waals surface area contributed by atoms with Crippen molar-refractivity contribution in [1.82, 2.24) is 9.88 Å². The molecule has 2 unspecified atom stereocenters. The summed E-state index contributed by atoms with van der Waals surface area (Å²) in [5.74, 6) is 0. The number of aryl methyl sites for hydroxylation is 1. The van der Waals surface area contributed by atoms with E-state index in [-0.39, 0.29) is 0 Å². The van der Waals surface area contributed by atoms with Crippen LogP contribution in [0, 0.1) is 6.92 Å². The summed E-state index contributed by atoms with van der Waals surface area (Å²) in [5, 5.41) is 4.04. The van der Waals surface area contributed by atoms with Gasteiger partial charge in [-0.05, 0) is 38.9 Å². The minimum atomic E-state index is 0.473. The van der Waals surface area contributed by atoms with Crippen LogP contribution in [-0.4, -0.2) is 35.6 Å². The smallest absolute Gasteiger partial charge is 0.152 e. The lowest BCUT2D eigenvalue weighted by Gasteiger charge is -2.15. The highest BCUT2D eigenvalue weighted by Gasteiger charge is 2.26. The quantitative estimate of drug-likeness (QED) is 0.804. The second-order valence-corrected chi connectivity index (χ2v) is 5.07. The predicted molar refractivity (Wildman–Crippen MR) is 68.1 cm³/mol. The third-order valence-corrected chi connectivity index (χ3v) is 3.52. The number of likely N-dealkylation sites (tertiary alicyclic amines) is 1. The van der Waals surface area contributed by atoms with Crippen molar-refractivity contribution in [2.45, 2.75) is 32.4 Å². The Bertz CT molecular complexity index is 371. The van der Waals surface area contributed by atoms with Gasteiger partial charge >= 0.3 is 0 Å². The molecule has 1 aliphatic rings. The molecule has 1 saturated heterocycles. The summed E-state index contributed by atoms with van der Waals surface area (Å²) in [7, 11) is 2.16. The molecule has 3 nitrogen and oxygen atoms in total. The highest BCUT2D eigenvalue weighted by molar-refractivity contribution is 6.31. The molecule has 0 bridgehead atoms. The third kappa shape index (κ3) is 2.47. The van der Waals surface area contributed by atoms with E-state index >= 15 is 0 Å². The Labute approximate surface area is 102 Å². The highest BCUT2D eigenvalue weighted by Crippen LogP contribution is 2.24. The number of likely N-dealkylation sites (N-methyl/N-ethyl adjacent to an activating group) is 1. The molecule has 1 fully saturated rings. The van der Waals surface area contributed by atoms with E-state index in [1.165, 1.54) is 0 Å². The van der Waals surface area contributed by atoms with Crippen LogP contribution >= 0.6 is 11.6 Å². The molecule has 16 heavy (non-hydrogen) atoms. The molecular formula is C12H18ClN3. The van der Waals surface area contributed by atoms with Crippen LogP contribution in [0.25, 0.3) is 0 Å². The number of nitrogens with zero attached hydrogens (tertiary/aromatic N) is 2. The monoisotopic (exact) mass is 239 g/mol. The van der Waals surface area contributed by atoms with E-state index in [1.54, 1.807) is 6.20 Å². The molecule has 1 N–H and O–H groups in total. The van der Waals surface area contributed by atoms with Crippen molar-refractivity contribution >= 4 is 17.3 Å². The first-order valence-electron chi connectivity index (χ1n) is 5.65. The summed E-state index contributed by atoms with van der Waals surface area (Å²) in [6.45, 7) is 5.33. The first kappa shape index (κ1) is 11.7. The van der Waals surface area contributed by atoms with Gasteiger partial charge in [-0.2, -0.15) is 0 Å². The van der Waals surface area contributed by atoms with E-state index in [0.29, 0.717) is 17.2 Å². The van der Waals surface area contributed by atoms with Gasteiger partial charge in [0.25, 0.3) is 0 Å². The summed E-state index contributed by atoms with van der Waals surface area (Å²) >= 11 is 6.06. The van der Waals surface area contributed by atoms with E-state index < -0.39 is 0 Å². The van der Waals surface area contributed by atoms with E-state index in [1.807, 2.05) is 6.92 Å². The maximum absolute atomic E-state index is 6.06. The number of hydrogen-bond acceptors (Lipinski definition) is 3. The zero-order chi connectivity index (χ0) is 11.7. The molecule has 1 aromatic rings. The van der Waals surface area contributed by atoms with Gasteiger partial charge in [0.05, 0.1) is 5.69 Å². The molecule has 1 aliphatic heterocycles. The molecule has 88 valence electrons. The number of nitrogens with one attached hydrogen (secondary N) is 1. The SMILES string of the molecule is Cc1cnc(Cl)c(NC2CC(C)N(C)C2)c1. The topological polar surface area (TPSA) is 28.2 Å². The van der Waals surface area contributed by atoms with Gasteiger partial charge in [-0.1, -0.05) is 11.6 Å². The van der Waals surface area contributed by atoms with Crippen LogP contribution in [-0.2, 0) is 0 Å². The van der Waals surface area contributed by atoms with Gasteiger partial charge in [-0.25, -0.2) is 4.98 Å². The van der Waals surface area contributed by atoms with E-state index in [9.17, 15) is 0 Å². The van der Waals surface area contributed by atoms with Gasteiger partial charge in [-0.3, -0.25) is 0 Å². The summed E-state index contributed by atoms with van der Waals surface area (Å²) in [4.78, 5) is 6.50. The van der Waals surface area contributed by atoms with Crippen molar-refractivity contribution in [3.63, 3.8) is 0 Å². The zero-order valence-corrected chi connectivity index (χ0v) is 10.8. The van der Waals surface area contributed by atoms with Crippen molar-refractivity contribution in [2.75, 3.05) is 18.9 Å². The van der Waals surface area contributed by atoms with Crippen molar-refractivity contribution in [3.8, 4) is 0 Å². The molecular weight excluding hydrogens is 222 g/mol. The van der Waals surface area contributed by atoms with E-state index in [0.717, 1.165) is 24.2 Å². The lowest BCUT2D eigenvalue weighted by molar-refractivity contribution is 0.330. The third-order valence-electron chi connectivity index (χ3n) is 3.22. The van der Waals surface area contributed by atoms with Gasteiger partial charge in [0, 0.05) is 24.8 Å². The van der Waals surface area contributed by atoms with Crippen molar-refractivity contribution < 1.29 is 0 Å². The Morgan fingerprint density at radius 2 is 2.31 bits per heavy atom. The zero-order valence-electron chi connectivity index (χ0n) is 10.00. The van der Waals surface area contributed by atoms with Gasteiger partial charge in [0.1, 0.15) is 0 Å². The molecule has 0 spiro atoms. The molecule has 1 aromatic heterocycles. The van der Waals surface area contributed by atoms with Crippen molar-refractivity contribution in [2.24, 2.45) is 0 Å². The number of aromatic nitrogens is 1. The summed E-state index contributed by atoms with van der Waals surface area (Å²) < 4.78 is 0. The Kier molecular flexibility index (Phi) is 3.36. The maximum atomic E-state index is 6.06. The average Bonchev–Trinajstić information content (AvgIpc) is 2.52. The number of pyridine rings is 1. The predicted octanol–water partition coefficient (Wildman–Crippen LogP) is 2.55. The van der Waals surface area contributed by atoms with Crippen LogP contribution < -0.4 is 5.32 Å². The van der Waals surface area contributed by atoms with Crippen LogP contribution in [0.5, 0.6) is 0 Å². The minimum Gasteiger partial charge on any atom is -0.378 e. The van der Waals surface area contributed by atoms with Gasteiger partial charge in [0.15, 0.2) is 5.15 Å². The number of anilines is 1. The number of rotatable bonds is 2. The lowest BCUT2D eigenvalue weighted by atomic mass is 10.2. The van der Waals surface area contributed by atoms with E-state index in [2.05, 4.69) is 35.2 Å². The molecule has 2 rings (SSSR count). The maximum Gasteiger partial charge on any atom is 0.152 e. The lowest BCUT2D eigenvalue weighted by Crippen LogP contribution is -2.25. The first-order valence-corrected chi connectivity index (χ1v) is 6.03. The summed E-state index contributed by atoms with van der Waals surface area (Å²) in [6.07, 6.45) is 2.94. The fourth-order valence-electron chi connectivity index (χ4n) is 2.17. The van der Waals surface area contributed by atoms with Gasteiger partial charge in [-0.15, -0.1) is 0 Å². The average molecular weight is 240 g/mol. The largest absolute Gasteiger partial charge is 0.378 e. The summed E-state index contributed by atoms with van der Waals surface area (Å²) in [6, 6.07) is 3.16. The molecule has 4 heteroatoms. The van der Waals surface area contributed by atoms with Crippen LogP contribution in [0.4, 0.5) is 5.69 Å². The summed E-state index contributed by atoms with van der Waals surface area (Å²) in [5.41, 5.74) is 2.08. The fraction of sp³-hybridized carbons (Fsp3) is 0.583. The molecule has 0 radical (unpaired) electrons.